The minimum atomic E-state index is -0.628. The van der Waals surface area contributed by atoms with Crippen molar-refractivity contribution in [1.29, 1.82) is 0 Å². The van der Waals surface area contributed by atoms with Crippen LogP contribution in [-0.2, 0) is 30.4 Å². The number of halogens is 1. The summed E-state index contributed by atoms with van der Waals surface area (Å²) < 4.78 is 23.0. The van der Waals surface area contributed by atoms with Crippen LogP contribution in [0.25, 0.3) is 27.3 Å². The second-order valence-corrected chi connectivity index (χ2v) is 13.0. The van der Waals surface area contributed by atoms with Crippen molar-refractivity contribution in [3.8, 4) is 16.5 Å². The van der Waals surface area contributed by atoms with Crippen LogP contribution in [0, 0.1) is 5.82 Å². The molecule has 45 heavy (non-hydrogen) atoms. The predicted molar refractivity (Wildman–Crippen MR) is 176 cm³/mol. The molecule has 0 atom stereocenters. The Hall–Kier alpha value is -4.28. The fourth-order valence-corrected chi connectivity index (χ4v) is 6.02. The molecular weight excluding hydrogens is 594 g/mol. The van der Waals surface area contributed by atoms with E-state index in [-0.39, 0.29) is 16.4 Å². The molecule has 0 aliphatic carbocycles. The summed E-state index contributed by atoms with van der Waals surface area (Å²) in [6.07, 6.45) is 3.20. The van der Waals surface area contributed by atoms with Crippen LogP contribution in [0.3, 0.4) is 0 Å². The molecule has 3 heterocycles. The molecular formula is C33H36FN6O4P. The van der Waals surface area contributed by atoms with E-state index in [0.717, 1.165) is 22.4 Å². The number of methoxy groups -OCH3 is 1. The van der Waals surface area contributed by atoms with E-state index in [1.54, 1.807) is 56.8 Å². The zero-order valence-electron chi connectivity index (χ0n) is 25.9. The summed E-state index contributed by atoms with van der Waals surface area (Å²) in [5, 5.41) is 22.3. The number of ether oxygens (including phenoxy) is 1. The zero-order chi connectivity index (χ0) is 32.3. The molecule has 10 nitrogen and oxygen atoms in total. The maximum atomic E-state index is 15.3. The third kappa shape index (κ3) is 6.87. The van der Waals surface area contributed by atoms with Crippen molar-refractivity contribution in [1.82, 2.24) is 24.4 Å². The van der Waals surface area contributed by atoms with E-state index in [4.69, 9.17) is 4.74 Å². The van der Waals surface area contributed by atoms with Gasteiger partial charge in [0.1, 0.15) is 17.3 Å². The van der Waals surface area contributed by atoms with Crippen molar-refractivity contribution in [2.24, 2.45) is 7.05 Å². The Balaban J connectivity index is 1.52. The molecule has 0 radical (unpaired) electrons. The standard InChI is InChI=1S/C33H36FN6O4P/c1-33(2,3)22-13-21-18-37-40(32(43)30(21)25(34)14-22)27-8-6-7-23(24(27)19-41)28-15-26(31(42)39(4)45-28)38-29-10-9-20(17-36-29)16-35-11-12-44-5/h6-10,13-15,17-18,35,41H,11-12,16,19H2,1-5H3,(H,36,38). The van der Waals surface area contributed by atoms with E-state index in [0.29, 0.717) is 60.5 Å². The molecule has 0 bridgehead atoms. The normalized spacial score (nSPS) is 11.9. The third-order valence-corrected chi connectivity index (χ3v) is 8.55. The van der Waals surface area contributed by atoms with Gasteiger partial charge in [0, 0.05) is 58.0 Å². The summed E-state index contributed by atoms with van der Waals surface area (Å²) in [5.74, 6) is -0.121. The zero-order valence-corrected chi connectivity index (χ0v) is 26.8. The number of rotatable bonds is 10. The summed E-state index contributed by atoms with van der Waals surface area (Å²) in [6, 6.07) is 13.8. The molecule has 5 aromatic rings. The van der Waals surface area contributed by atoms with Crippen LogP contribution in [-0.4, -0.2) is 44.5 Å². The second-order valence-electron chi connectivity index (χ2n) is 11.7. The first-order valence-electron chi connectivity index (χ1n) is 14.5. The van der Waals surface area contributed by atoms with Gasteiger partial charge in [-0.2, -0.15) is 9.78 Å². The third-order valence-electron chi connectivity index (χ3n) is 7.48. The Kier molecular flexibility index (Phi) is 9.55. The minimum Gasteiger partial charge on any atom is -0.392 e. The number of aromatic nitrogens is 4. The van der Waals surface area contributed by atoms with Gasteiger partial charge in [-0.3, -0.25) is 13.9 Å². The van der Waals surface area contributed by atoms with Crippen LogP contribution >= 0.6 is 8.35 Å². The SMILES string of the molecule is COCCNCc1ccc(Nc2cc(-c3cccc(-n4ncc5cc(C(C)(C)C)cc(F)c5c4=O)c3CO)pn(C)c2=O)nc1. The Morgan fingerprint density at radius 2 is 1.87 bits per heavy atom. The Labute approximate surface area is 261 Å². The van der Waals surface area contributed by atoms with Crippen molar-refractivity contribution in [2.45, 2.75) is 39.3 Å². The van der Waals surface area contributed by atoms with E-state index < -0.39 is 18.0 Å². The fraction of sp³-hybridized carbons (Fsp3) is 0.303. The smallest absolute Gasteiger partial charge is 0.282 e. The first-order valence-corrected chi connectivity index (χ1v) is 15.3. The molecule has 0 amide bonds. The average Bonchev–Trinajstić information content (AvgIpc) is 3.01. The summed E-state index contributed by atoms with van der Waals surface area (Å²) in [7, 11) is 3.90. The van der Waals surface area contributed by atoms with E-state index in [1.165, 1.54) is 16.6 Å². The summed E-state index contributed by atoms with van der Waals surface area (Å²) in [4.78, 5) is 31.2. The van der Waals surface area contributed by atoms with Crippen LogP contribution in [0.15, 0.2) is 70.5 Å². The largest absolute Gasteiger partial charge is 0.392 e. The monoisotopic (exact) mass is 630 g/mol. The molecule has 3 aromatic heterocycles. The molecule has 0 aliphatic heterocycles. The minimum absolute atomic E-state index is 0.0725. The molecule has 0 aliphatic rings. The van der Waals surface area contributed by atoms with Gasteiger partial charge in [-0.1, -0.05) is 39.0 Å². The highest BCUT2D eigenvalue weighted by Gasteiger charge is 2.21. The maximum absolute atomic E-state index is 15.3. The second kappa shape index (κ2) is 13.4. The van der Waals surface area contributed by atoms with Crippen molar-refractivity contribution < 1.29 is 14.2 Å². The van der Waals surface area contributed by atoms with Gasteiger partial charge in [-0.15, -0.1) is 0 Å². The number of aliphatic hydroxyl groups excluding tert-OH is 1. The lowest BCUT2D eigenvalue weighted by Crippen LogP contribution is -2.24. The van der Waals surface area contributed by atoms with Gasteiger partial charge in [0.2, 0.25) is 0 Å². The van der Waals surface area contributed by atoms with Crippen molar-refractivity contribution in [3.63, 3.8) is 0 Å². The van der Waals surface area contributed by atoms with Gasteiger partial charge in [-0.05, 0) is 52.4 Å². The van der Waals surface area contributed by atoms with Gasteiger partial charge in [0.05, 0.1) is 30.5 Å². The van der Waals surface area contributed by atoms with Crippen molar-refractivity contribution >= 4 is 30.6 Å². The topological polar surface area (TPSA) is 123 Å². The van der Waals surface area contributed by atoms with Gasteiger partial charge < -0.3 is 20.5 Å². The van der Waals surface area contributed by atoms with Gasteiger partial charge in [0.25, 0.3) is 11.1 Å². The van der Waals surface area contributed by atoms with Crippen LogP contribution in [0.1, 0.15) is 37.5 Å². The number of anilines is 2. The summed E-state index contributed by atoms with van der Waals surface area (Å²) in [6.45, 7) is 7.47. The lowest BCUT2D eigenvalue weighted by Gasteiger charge is -2.20. The van der Waals surface area contributed by atoms with Gasteiger partial charge in [0.15, 0.2) is 0 Å². The maximum Gasteiger partial charge on any atom is 0.282 e. The molecule has 0 saturated carbocycles. The highest BCUT2D eigenvalue weighted by atomic mass is 31.0. The highest BCUT2D eigenvalue weighted by molar-refractivity contribution is 7.30. The Morgan fingerprint density at radius 1 is 1.07 bits per heavy atom. The average molecular weight is 631 g/mol. The molecule has 0 spiro atoms. The van der Waals surface area contributed by atoms with E-state index in [1.807, 2.05) is 26.8 Å². The first-order chi connectivity index (χ1) is 21.5. The molecule has 2 aromatic carbocycles. The van der Waals surface area contributed by atoms with E-state index in [9.17, 15) is 14.7 Å². The number of aryl methyl sites for hydroxylation is 1. The Morgan fingerprint density at radius 3 is 2.56 bits per heavy atom. The van der Waals surface area contributed by atoms with Gasteiger partial charge >= 0.3 is 0 Å². The van der Waals surface area contributed by atoms with Crippen molar-refractivity contribution in [2.75, 3.05) is 25.6 Å². The molecule has 234 valence electrons. The molecule has 3 N–H and O–H groups in total. The van der Waals surface area contributed by atoms with Crippen LogP contribution < -0.4 is 21.8 Å². The summed E-state index contributed by atoms with van der Waals surface area (Å²) >= 11 is 0. The van der Waals surface area contributed by atoms with E-state index >= 15 is 4.39 Å². The Bertz CT molecular complexity index is 1970. The van der Waals surface area contributed by atoms with Crippen LogP contribution in [0.5, 0.6) is 0 Å². The molecule has 5 rings (SSSR count). The molecule has 0 unspecified atom stereocenters. The number of nitrogens with zero attached hydrogens (tertiary/aromatic N) is 4. The number of fused-ring (bicyclic) bond motifs is 1. The van der Waals surface area contributed by atoms with Gasteiger partial charge in [-0.25, -0.2) is 9.37 Å². The number of nitrogens with one attached hydrogen (secondary N) is 2. The first kappa shape index (κ1) is 32.1. The lowest BCUT2D eigenvalue weighted by atomic mass is 9.86. The number of benzene rings is 2. The fourth-order valence-electron chi connectivity index (χ4n) is 5.00. The highest BCUT2D eigenvalue weighted by Crippen LogP contribution is 2.34. The number of hydrogen-bond acceptors (Lipinski definition) is 8. The number of hydrogen-bond donors (Lipinski definition) is 3. The number of pyridine rings is 1. The van der Waals surface area contributed by atoms with Crippen LogP contribution in [0.2, 0.25) is 0 Å². The van der Waals surface area contributed by atoms with Crippen LogP contribution in [0.4, 0.5) is 15.9 Å². The lowest BCUT2D eigenvalue weighted by molar-refractivity contribution is 0.199. The summed E-state index contributed by atoms with van der Waals surface area (Å²) in [5.41, 5.74) is 2.24. The predicted octanol–water partition coefficient (Wildman–Crippen LogP) is 5.14. The molecule has 0 saturated heterocycles. The quantitative estimate of drug-likeness (QED) is 0.182. The molecule has 0 fully saturated rings. The van der Waals surface area contributed by atoms with Crippen molar-refractivity contribution in [3.05, 3.63) is 104 Å². The number of aliphatic hydroxyl groups is 1. The van der Waals surface area contributed by atoms with E-state index in [2.05, 4.69) is 20.7 Å². The molecule has 12 heteroatoms.